The Balaban J connectivity index is 1.99. The summed E-state index contributed by atoms with van der Waals surface area (Å²) >= 11 is 0. The third-order valence-corrected chi connectivity index (χ3v) is 3.35. The van der Waals surface area contributed by atoms with E-state index >= 15 is 0 Å². The number of hydrogen-bond acceptors (Lipinski definition) is 6. The van der Waals surface area contributed by atoms with Crippen LogP contribution in [0.25, 0.3) is 0 Å². The first-order valence-corrected chi connectivity index (χ1v) is 6.70. The molecule has 0 aliphatic carbocycles. The van der Waals surface area contributed by atoms with Crippen molar-refractivity contribution in [3.05, 3.63) is 12.7 Å². The van der Waals surface area contributed by atoms with Crippen molar-refractivity contribution in [2.75, 3.05) is 19.4 Å². The molecule has 0 amide bonds. The van der Waals surface area contributed by atoms with Gasteiger partial charge in [-0.3, -0.25) is 0 Å². The van der Waals surface area contributed by atoms with Crippen LogP contribution in [0.2, 0.25) is 0 Å². The van der Waals surface area contributed by atoms with Crippen molar-refractivity contribution >= 4 is 9.24 Å². The Morgan fingerprint density at radius 3 is 2.78 bits per heavy atom. The Kier molecular flexibility index (Phi) is 5.09. The second-order valence-corrected chi connectivity index (χ2v) is 4.72. The first-order valence-electron chi connectivity index (χ1n) is 5.88. The van der Waals surface area contributed by atoms with E-state index in [9.17, 15) is 10.2 Å². The van der Waals surface area contributed by atoms with Crippen LogP contribution in [0.4, 0.5) is 0 Å². The monoisotopic (exact) mass is 278 g/mol. The van der Waals surface area contributed by atoms with Gasteiger partial charge in [-0.25, -0.2) is 0 Å². The highest BCUT2D eigenvalue weighted by molar-refractivity contribution is 7.16. The van der Waals surface area contributed by atoms with Crippen molar-refractivity contribution in [3.8, 4) is 0 Å². The lowest BCUT2D eigenvalue weighted by Crippen LogP contribution is -2.63. The van der Waals surface area contributed by atoms with Gasteiger partial charge in [-0.15, -0.1) is 15.8 Å². The van der Waals surface area contributed by atoms with Gasteiger partial charge in [-0.1, -0.05) is 6.08 Å². The smallest absolute Gasteiger partial charge is 0.187 e. The molecule has 2 unspecified atom stereocenters. The van der Waals surface area contributed by atoms with Gasteiger partial charge in [-0.05, 0) is 0 Å². The van der Waals surface area contributed by atoms with Crippen LogP contribution in [0.5, 0.6) is 0 Å². The summed E-state index contributed by atoms with van der Waals surface area (Å²) in [6, 6.07) is 0. The van der Waals surface area contributed by atoms with Gasteiger partial charge >= 0.3 is 0 Å². The largest absolute Gasteiger partial charge is 0.387 e. The number of rotatable bonds is 4. The first-order chi connectivity index (χ1) is 8.67. The van der Waals surface area contributed by atoms with Crippen molar-refractivity contribution in [3.63, 3.8) is 0 Å². The van der Waals surface area contributed by atoms with Gasteiger partial charge in [0.25, 0.3) is 0 Å². The van der Waals surface area contributed by atoms with E-state index in [0.717, 1.165) is 0 Å². The molecule has 18 heavy (non-hydrogen) atoms. The fraction of sp³-hybridized carbons (Fsp3) is 0.818. The maximum atomic E-state index is 10.0. The normalized spacial score (nSPS) is 44.4. The second-order valence-electron chi connectivity index (χ2n) is 4.25. The molecular weight excluding hydrogens is 259 g/mol. The zero-order valence-corrected chi connectivity index (χ0v) is 11.1. The van der Waals surface area contributed by atoms with E-state index in [2.05, 4.69) is 15.8 Å². The topological polar surface area (TPSA) is 77.4 Å². The highest BCUT2D eigenvalue weighted by Crippen LogP contribution is 2.29. The predicted octanol–water partition coefficient (Wildman–Crippen LogP) is -0.748. The zero-order valence-electron chi connectivity index (χ0n) is 9.97. The SMILES string of the molecule is C=CCO[C@@H]1O[C@@H]2COC(CP)O[C@H]2[C@H](O)[C@H]1O. The van der Waals surface area contributed by atoms with Crippen LogP contribution < -0.4 is 0 Å². The van der Waals surface area contributed by atoms with E-state index in [-0.39, 0.29) is 6.61 Å². The maximum absolute atomic E-state index is 10.0. The summed E-state index contributed by atoms with van der Waals surface area (Å²) in [4.78, 5) is 0. The molecule has 7 heteroatoms. The summed E-state index contributed by atoms with van der Waals surface area (Å²) in [6.07, 6.45) is -2.37. The fourth-order valence-corrected chi connectivity index (χ4v) is 2.30. The van der Waals surface area contributed by atoms with Crippen LogP contribution in [0, 0.1) is 0 Å². The highest BCUT2D eigenvalue weighted by Gasteiger charge is 2.48. The Hall–Kier alpha value is -0.0700. The molecule has 2 N–H and O–H groups in total. The molecule has 0 saturated carbocycles. The van der Waals surface area contributed by atoms with E-state index < -0.39 is 37.0 Å². The molecule has 0 aromatic carbocycles. The summed E-state index contributed by atoms with van der Waals surface area (Å²) in [5.74, 6) is 0. The zero-order chi connectivity index (χ0) is 13.1. The molecule has 2 rings (SSSR count). The molecule has 0 aromatic heterocycles. The summed E-state index contributed by atoms with van der Waals surface area (Å²) in [5, 5.41) is 19.9. The summed E-state index contributed by atoms with van der Waals surface area (Å²) in [6.45, 7) is 4.06. The number of ether oxygens (including phenoxy) is 4. The number of aliphatic hydroxyl groups is 2. The maximum Gasteiger partial charge on any atom is 0.187 e. The molecule has 2 fully saturated rings. The first kappa shape index (κ1) is 14.3. The Bertz CT molecular complexity index is 287. The molecule has 104 valence electrons. The molecule has 7 atom stereocenters. The van der Waals surface area contributed by atoms with Gasteiger partial charge < -0.3 is 29.2 Å². The minimum Gasteiger partial charge on any atom is -0.387 e. The third-order valence-electron chi connectivity index (χ3n) is 2.97. The molecule has 2 aliphatic heterocycles. The standard InChI is InChI=1S/C11H19O6P/c1-2-3-14-11-9(13)8(12)10-6(16-11)4-15-7(5-18)17-10/h2,6-13H,1,3-5,18H2/t6-,7?,8-,9-,10-,11-/m1/s1. The van der Waals surface area contributed by atoms with Crippen LogP contribution in [0.3, 0.4) is 0 Å². The lowest BCUT2D eigenvalue weighted by Gasteiger charge is -2.46. The minimum atomic E-state index is -1.14. The van der Waals surface area contributed by atoms with Crippen molar-refractivity contribution in [1.82, 2.24) is 0 Å². The van der Waals surface area contributed by atoms with Gasteiger partial charge in [0, 0.05) is 6.16 Å². The average molecular weight is 278 g/mol. The van der Waals surface area contributed by atoms with Crippen LogP contribution in [0.1, 0.15) is 0 Å². The molecule has 0 radical (unpaired) electrons. The van der Waals surface area contributed by atoms with Gasteiger partial charge in [-0.2, -0.15) is 0 Å². The van der Waals surface area contributed by atoms with E-state index in [1.165, 1.54) is 0 Å². The lowest BCUT2D eigenvalue weighted by atomic mass is 9.98. The van der Waals surface area contributed by atoms with E-state index in [4.69, 9.17) is 18.9 Å². The Labute approximate surface area is 108 Å². The van der Waals surface area contributed by atoms with Crippen LogP contribution >= 0.6 is 9.24 Å². The quantitative estimate of drug-likeness (QED) is 0.520. The van der Waals surface area contributed by atoms with Crippen LogP contribution in [-0.4, -0.2) is 66.6 Å². The van der Waals surface area contributed by atoms with Gasteiger partial charge in [0.15, 0.2) is 12.6 Å². The third kappa shape index (κ3) is 2.91. The van der Waals surface area contributed by atoms with Crippen molar-refractivity contribution in [2.24, 2.45) is 0 Å². The minimum absolute atomic E-state index is 0.238. The van der Waals surface area contributed by atoms with Gasteiger partial charge in [0.05, 0.1) is 13.2 Å². The van der Waals surface area contributed by atoms with Gasteiger partial charge in [0.2, 0.25) is 0 Å². The predicted molar refractivity (Wildman–Crippen MR) is 66.0 cm³/mol. The molecule has 2 saturated heterocycles. The molecule has 2 heterocycles. The molecule has 0 aromatic rings. The van der Waals surface area contributed by atoms with Crippen molar-refractivity contribution in [1.29, 1.82) is 0 Å². The summed E-state index contributed by atoms with van der Waals surface area (Å²) in [5.41, 5.74) is 0. The van der Waals surface area contributed by atoms with E-state index in [0.29, 0.717) is 12.8 Å². The molecule has 0 bridgehead atoms. The van der Waals surface area contributed by atoms with E-state index in [1.807, 2.05) is 0 Å². The molecule has 0 spiro atoms. The number of fused-ring (bicyclic) bond motifs is 1. The second kappa shape index (κ2) is 6.39. The van der Waals surface area contributed by atoms with Crippen LogP contribution in [0.15, 0.2) is 12.7 Å². The van der Waals surface area contributed by atoms with Crippen molar-refractivity contribution in [2.45, 2.75) is 37.0 Å². The Morgan fingerprint density at radius 1 is 1.33 bits per heavy atom. The summed E-state index contributed by atoms with van der Waals surface area (Å²) < 4.78 is 21.7. The van der Waals surface area contributed by atoms with Gasteiger partial charge in [0.1, 0.15) is 24.4 Å². The number of aliphatic hydroxyl groups excluding tert-OH is 2. The molecule has 6 nitrogen and oxygen atoms in total. The molecular formula is C11H19O6P. The van der Waals surface area contributed by atoms with E-state index in [1.54, 1.807) is 6.08 Å². The van der Waals surface area contributed by atoms with Crippen molar-refractivity contribution < 1.29 is 29.2 Å². The molecule has 2 aliphatic rings. The average Bonchev–Trinajstić information content (AvgIpc) is 2.41. The number of hydrogen-bond donors (Lipinski definition) is 2. The highest BCUT2D eigenvalue weighted by atomic mass is 31.0. The Morgan fingerprint density at radius 2 is 2.11 bits per heavy atom. The lowest BCUT2D eigenvalue weighted by molar-refractivity contribution is -0.353. The summed E-state index contributed by atoms with van der Waals surface area (Å²) in [7, 11) is 2.51. The van der Waals surface area contributed by atoms with Crippen LogP contribution in [-0.2, 0) is 18.9 Å². The fourth-order valence-electron chi connectivity index (χ4n) is 2.05.